The molecule has 1 aromatic rings. The Labute approximate surface area is 183 Å². The predicted octanol–water partition coefficient (Wildman–Crippen LogP) is 2.84. The maximum absolute atomic E-state index is 12.4. The number of piperidine rings is 1. The Hall–Kier alpha value is -2.95. The fourth-order valence-corrected chi connectivity index (χ4v) is 4.05. The van der Waals surface area contributed by atoms with Gasteiger partial charge in [0.25, 0.3) is 0 Å². The van der Waals surface area contributed by atoms with Gasteiger partial charge in [-0.05, 0) is 53.0 Å². The molecule has 8 nitrogen and oxygen atoms in total. The fourth-order valence-electron chi connectivity index (χ4n) is 4.05. The van der Waals surface area contributed by atoms with E-state index in [4.69, 9.17) is 4.74 Å². The summed E-state index contributed by atoms with van der Waals surface area (Å²) in [7, 11) is 0. The summed E-state index contributed by atoms with van der Waals surface area (Å²) in [6.45, 7) is 9.04. The van der Waals surface area contributed by atoms with Gasteiger partial charge < -0.3 is 14.5 Å². The van der Waals surface area contributed by atoms with Crippen LogP contribution in [0.15, 0.2) is 6.07 Å². The number of ketones is 1. The van der Waals surface area contributed by atoms with Crippen molar-refractivity contribution < 1.29 is 19.1 Å². The van der Waals surface area contributed by atoms with Crippen molar-refractivity contribution in [3.05, 3.63) is 22.9 Å². The summed E-state index contributed by atoms with van der Waals surface area (Å²) in [6, 6.07) is 3.74. The topological polar surface area (TPSA) is 104 Å². The van der Waals surface area contributed by atoms with Gasteiger partial charge in [0.15, 0.2) is 5.78 Å². The van der Waals surface area contributed by atoms with Gasteiger partial charge in [0, 0.05) is 31.6 Å². The van der Waals surface area contributed by atoms with E-state index in [1.54, 1.807) is 11.0 Å². The number of rotatable bonds is 5. The van der Waals surface area contributed by atoms with Crippen LogP contribution < -0.4 is 4.90 Å². The van der Waals surface area contributed by atoms with Crippen molar-refractivity contribution in [1.29, 1.82) is 5.26 Å². The number of nitrogens with zero attached hydrogens (tertiary/aromatic N) is 4. The van der Waals surface area contributed by atoms with Crippen molar-refractivity contribution in [3.63, 3.8) is 0 Å². The highest BCUT2D eigenvalue weighted by Gasteiger charge is 2.31. The minimum absolute atomic E-state index is 0.0559. The van der Waals surface area contributed by atoms with Crippen LogP contribution in [0.1, 0.15) is 75.0 Å². The molecule has 2 saturated heterocycles. The van der Waals surface area contributed by atoms with Gasteiger partial charge >= 0.3 is 5.97 Å². The van der Waals surface area contributed by atoms with E-state index >= 15 is 0 Å². The van der Waals surface area contributed by atoms with Crippen LogP contribution in [0.5, 0.6) is 0 Å². The lowest BCUT2D eigenvalue weighted by molar-refractivity contribution is -0.160. The Balaban J connectivity index is 1.81. The number of nitriles is 1. The number of amides is 1. The number of hydrogen-bond donors (Lipinski definition) is 0. The van der Waals surface area contributed by atoms with Crippen LogP contribution in [0.2, 0.25) is 0 Å². The van der Waals surface area contributed by atoms with E-state index in [0.29, 0.717) is 61.5 Å². The summed E-state index contributed by atoms with van der Waals surface area (Å²) in [5.41, 5.74) is 0.709. The molecule has 0 atom stereocenters. The van der Waals surface area contributed by atoms with Crippen LogP contribution in [-0.2, 0) is 20.9 Å². The molecule has 2 fully saturated rings. The van der Waals surface area contributed by atoms with Gasteiger partial charge in [-0.1, -0.05) is 0 Å². The zero-order chi connectivity index (χ0) is 22.8. The van der Waals surface area contributed by atoms with Crippen LogP contribution in [0.25, 0.3) is 0 Å². The molecule has 2 aliphatic rings. The van der Waals surface area contributed by atoms with Crippen LogP contribution >= 0.6 is 0 Å². The number of anilines is 1. The average Bonchev–Trinajstić information content (AvgIpc) is 3.10. The molecule has 0 N–H and O–H groups in total. The lowest BCUT2D eigenvalue weighted by Gasteiger charge is -2.34. The molecule has 1 amide bonds. The minimum atomic E-state index is -0.520. The first-order valence-corrected chi connectivity index (χ1v) is 10.8. The summed E-state index contributed by atoms with van der Waals surface area (Å²) in [6.07, 6.45) is 2.53. The molecular weight excluding hydrogens is 396 g/mol. The molecule has 0 aliphatic carbocycles. The van der Waals surface area contributed by atoms with E-state index in [1.807, 2.05) is 25.7 Å². The maximum Gasteiger partial charge on any atom is 0.309 e. The molecule has 3 heterocycles. The standard InChI is InChI=1S/C23H30N4O4/c1-15(28)18-12-17(13-24)21(25-19(18)14-27-9-5-6-20(27)29)26-10-7-16(8-11-26)22(30)31-23(2,3)4/h12,16H,5-11,14H2,1-4H3. The van der Waals surface area contributed by atoms with E-state index in [1.165, 1.54) is 6.92 Å². The van der Waals surface area contributed by atoms with E-state index in [0.717, 1.165) is 6.42 Å². The van der Waals surface area contributed by atoms with Crippen LogP contribution in [0, 0.1) is 17.2 Å². The first-order valence-electron chi connectivity index (χ1n) is 10.8. The number of pyridine rings is 1. The largest absolute Gasteiger partial charge is 0.460 e. The second kappa shape index (κ2) is 9.04. The molecule has 166 valence electrons. The van der Waals surface area contributed by atoms with E-state index in [-0.39, 0.29) is 30.1 Å². The minimum Gasteiger partial charge on any atom is -0.460 e. The summed E-state index contributed by atoms with van der Waals surface area (Å²) in [4.78, 5) is 45.0. The molecule has 0 bridgehead atoms. The number of hydrogen-bond acceptors (Lipinski definition) is 7. The van der Waals surface area contributed by atoms with Crippen LogP contribution in [-0.4, -0.2) is 52.8 Å². The second-order valence-corrected chi connectivity index (χ2v) is 9.24. The molecule has 8 heteroatoms. The molecule has 0 aromatic carbocycles. The Morgan fingerprint density at radius 1 is 1.26 bits per heavy atom. The number of aromatic nitrogens is 1. The molecule has 2 aliphatic heterocycles. The van der Waals surface area contributed by atoms with E-state index in [9.17, 15) is 19.6 Å². The third kappa shape index (κ3) is 5.40. The highest BCUT2D eigenvalue weighted by Crippen LogP contribution is 2.29. The maximum atomic E-state index is 12.4. The van der Waals surface area contributed by atoms with Crippen LogP contribution in [0.3, 0.4) is 0 Å². The van der Waals surface area contributed by atoms with Crippen molar-refractivity contribution in [2.45, 2.75) is 65.5 Å². The molecule has 0 saturated carbocycles. The van der Waals surface area contributed by atoms with Gasteiger partial charge in [-0.3, -0.25) is 14.4 Å². The number of carbonyl (C=O) groups is 3. The van der Waals surface area contributed by atoms with Crippen molar-refractivity contribution in [2.24, 2.45) is 5.92 Å². The average molecular weight is 427 g/mol. The van der Waals surface area contributed by atoms with Gasteiger partial charge in [0.05, 0.1) is 23.7 Å². The number of ether oxygens (including phenoxy) is 1. The molecule has 0 unspecified atom stereocenters. The quantitative estimate of drug-likeness (QED) is 0.527. The fraction of sp³-hybridized carbons (Fsp3) is 0.609. The van der Waals surface area contributed by atoms with Gasteiger partial charge in [-0.2, -0.15) is 5.26 Å². The summed E-state index contributed by atoms with van der Waals surface area (Å²) >= 11 is 0. The third-order valence-electron chi connectivity index (χ3n) is 5.63. The summed E-state index contributed by atoms with van der Waals surface area (Å²) < 4.78 is 5.51. The Morgan fingerprint density at radius 3 is 2.45 bits per heavy atom. The zero-order valence-corrected chi connectivity index (χ0v) is 18.7. The lowest BCUT2D eigenvalue weighted by Crippen LogP contribution is -2.39. The van der Waals surface area contributed by atoms with E-state index in [2.05, 4.69) is 11.1 Å². The first-order chi connectivity index (χ1) is 14.6. The van der Waals surface area contributed by atoms with E-state index < -0.39 is 5.60 Å². The highest BCUT2D eigenvalue weighted by molar-refractivity contribution is 5.96. The number of Topliss-reactive ketones (excluding diaryl/α,β-unsaturated/α-hetero) is 1. The van der Waals surface area contributed by atoms with Gasteiger partial charge in [-0.25, -0.2) is 4.98 Å². The third-order valence-corrected chi connectivity index (χ3v) is 5.63. The van der Waals surface area contributed by atoms with Gasteiger partial charge in [-0.15, -0.1) is 0 Å². The Bertz CT molecular complexity index is 921. The monoisotopic (exact) mass is 426 g/mol. The second-order valence-electron chi connectivity index (χ2n) is 9.24. The molecule has 3 rings (SSSR count). The molecule has 31 heavy (non-hydrogen) atoms. The highest BCUT2D eigenvalue weighted by atomic mass is 16.6. The normalized spacial score (nSPS) is 17.6. The van der Waals surface area contributed by atoms with Crippen molar-refractivity contribution >= 4 is 23.5 Å². The van der Waals surface area contributed by atoms with Crippen molar-refractivity contribution in [3.8, 4) is 6.07 Å². The summed E-state index contributed by atoms with van der Waals surface area (Å²) in [5, 5.41) is 9.67. The van der Waals surface area contributed by atoms with Gasteiger partial charge in [0.2, 0.25) is 5.91 Å². The molecule has 0 radical (unpaired) electrons. The van der Waals surface area contributed by atoms with Crippen molar-refractivity contribution in [1.82, 2.24) is 9.88 Å². The Morgan fingerprint density at radius 2 is 1.94 bits per heavy atom. The number of esters is 1. The smallest absolute Gasteiger partial charge is 0.309 e. The van der Waals surface area contributed by atoms with Crippen LogP contribution in [0.4, 0.5) is 5.82 Å². The Kier molecular flexibility index (Phi) is 6.63. The van der Waals surface area contributed by atoms with Gasteiger partial charge in [0.1, 0.15) is 17.5 Å². The lowest BCUT2D eigenvalue weighted by atomic mass is 9.96. The number of carbonyl (C=O) groups excluding carboxylic acids is 3. The molecule has 0 spiro atoms. The first kappa shape index (κ1) is 22.7. The zero-order valence-electron chi connectivity index (χ0n) is 18.7. The number of likely N-dealkylation sites (tertiary alicyclic amines) is 1. The molecular formula is C23H30N4O4. The summed E-state index contributed by atoms with van der Waals surface area (Å²) in [5.74, 6) is 0.0120. The van der Waals surface area contributed by atoms with Crippen molar-refractivity contribution in [2.75, 3.05) is 24.5 Å². The predicted molar refractivity (Wildman–Crippen MR) is 114 cm³/mol. The SMILES string of the molecule is CC(=O)c1cc(C#N)c(N2CCC(C(=O)OC(C)(C)C)CC2)nc1CN1CCCC1=O. The molecule has 1 aromatic heterocycles.